The van der Waals surface area contributed by atoms with E-state index in [4.69, 9.17) is 11.6 Å². The van der Waals surface area contributed by atoms with E-state index in [0.717, 1.165) is 10.0 Å². The summed E-state index contributed by atoms with van der Waals surface area (Å²) in [5.74, 6) is -0.299. The molecule has 0 aromatic heterocycles. The van der Waals surface area contributed by atoms with Gasteiger partial charge in [-0.15, -0.1) is 11.6 Å². The fourth-order valence-corrected chi connectivity index (χ4v) is 1.73. The lowest BCUT2D eigenvalue weighted by atomic mass is 10.1. The van der Waals surface area contributed by atoms with Gasteiger partial charge in [-0.2, -0.15) is 0 Å². The first kappa shape index (κ1) is 11.4. The minimum Gasteiger partial charge on any atom is -0.312 e. The lowest BCUT2D eigenvalue weighted by Crippen LogP contribution is -2.06. The molecule has 1 aliphatic rings. The van der Waals surface area contributed by atoms with E-state index in [0.29, 0.717) is 11.3 Å². The minimum atomic E-state index is -0.460. The molecule has 0 amide bonds. The van der Waals surface area contributed by atoms with Crippen LogP contribution in [0.15, 0.2) is 39.5 Å². The van der Waals surface area contributed by atoms with Crippen LogP contribution in [0.1, 0.15) is 5.56 Å². The van der Waals surface area contributed by atoms with Crippen LogP contribution >= 0.6 is 27.5 Å². The fourth-order valence-electron chi connectivity index (χ4n) is 1.28. The van der Waals surface area contributed by atoms with Crippen LogP contribution in [-0.4, -0.2) is 17.6 Å². The SMILES string of the molecule is O=C1ON=C(CCl)/C1=C\c1ccc(Br)cc1. The van der Waals surface area contributed by atoms with Gasteiger partial charge in [0.25, 0.3) is 0 Å². The number of alkyl halides is 1. The van der Waals surface area contributed by atoms with E-state index in [2.05, 4.69) is 25.9 Å². The van der Waals surface area contributed by atoms with Gasteiger partial charge in [-0.05, 0) is 23.8 Å². The number of rotatable bonds is 2. The smallest absolute Gasteiger partial charge is 0.312 e. The monoisotopic (exact) mass is 299 g/mol. The minimum absolute atomic E-state index is 0.161. The number of oxime groups is 1. The van der Waals surface area contributed by atoms with Gasteiger partial charge in [0.15, 0.2) is 0 Å². The van der Waals surface area contributed by atoms with Gasteiger partial charge >= 0.3 is 5.97 Å². The third-order valence-corrected chi connectivity index (χ3v) is 2.86. The van der Waals surface area contributed by atoms with Crippen molar-refractivity contribution in [2.24, 2.45) is 5.16 Å². The van der Waals surface area contributed by atoms with E-state index in [1.807, 2.05) is 24.3 Å². The standard InChI is InChI=1S/C11H7BrClNO2/c12-8-3-1-7(2-4-8)5-9-10(6-13)14-16-11(9)15/h1-5H,6H2/b9-5+. The van der Waals surface area contributed by atoms with Crippen molar-refractivity contribution >= 4 is 45.3 Å². The van der Waals surface area contributed by atoms with E-state index in [1.54, 1.807) is 6.08 Å². The van der Waals surface area contributed by atoms with E-state index < -0.39 is 5.97 Å². The van der Waals surface area contributed by atoms with Crippen molar-refractivity contribution in [3.05, 3.63) is 39.9 Å². The van der Waals surface area contributed by atoms with Gasteiger partial charge in [0, 0.05) is 4.47 Å². The number of benzene rings is 1. The first-order valence-corrected chi connectivity index (χ1v) is 5.85. The largest absolute Gasteiger partial charge is 0.367 e. The summed E-state index contributed by atoms with van der Waals surface area (Å²) < 4.78 is 0.981. The van der Waals surface area contributed by atoms with Gasteiger partial charge in [-0.3, -0.25) is 0 Å². The summed E-state index contributed by atoms with van der Waals surface area (Å²) in [5, 5.41) is 3.59. The van der Waals surface area contributed by atoms with E-state index in [1.165, 1.54) is 0 Å². The predicted octanol–water partition coefficient (Wildman–Crippen LogP) is 2.98. The highest BCUT2D eigenvalue weighted by molar-refractivity contribution is 9.10. The molecule has 0 unspecified atom stereocenters. The Kier molecular flexibility index (Phi) is 3.41. The molecule has 0 saturated carbocycles. The zero-order chi connectivity index (χ0) is 11.5. The Morgan fingerprint density at radius 3 is 2.69 bits per heavy atom. The van der Waals surface area contributed by atoms with Crippen LogP contribution in [0.3, 0.4) is 0 Å². The molecule has 2 rings (SSSR count). The lowest BCUT2D eigenvalue weighted by Gasteiger charge is -1.96. The van der Waals surface area contributed by atoms with Crippen molar-refractivity contribution in [3.63, 3.8) is 0 Å². The highest BCUT2D eigenvalue weighted by atomic mass is 79.9. The molecule has 0 bridgehead atoms. The molecule has 0 spiro atoms. The summed E-state index contributed by atoms with van der Waals surface area (Å²) in [4.78, 5) is 15.9. The molecule has 1 aromatic rings. The van der Waals surface area contributed by atoms with Gasteiger partial charge in [-0.1, -0.05) is 33.2 Å². The summed E-state index contributed by atoms with van der Waals surface area (Å²) in [5.41, 5.74) is 1.78. The molecule has 0 atom stereocenters. The summed E-state index contributed by atoms with van der Waals surface area (Å²) >= 11 is 8.99. The number of halogens is 2. The Labute approximate surface area is 106 Å². The molecule has 0 aliphatic carbocycles. The quantitative estimate of drug-likeness (QED) is 0.478. The predicted molar refractivity (Wildman–Crippen MR) is 66.4 cm³/mol. The van der Waals surface area contributed by atoms with Crippen molar-refractivity contribution in [2.45, 2.75) is 0 Å². The van der Waals surface area contributed by atoms with Crippen LogP contribution < -0.4 is 0 Å². The average molecular weight is 301 g/mol. The zero-order valence-corrected chi connectivity index (χ0v) is 10.5. The maximum atomic E-state index is 11.3. The molecular formula is C11H7BrClNO2. The van der Waals surface area contributed by atoms with Crippen LogP contribution in [-0.2, 0) is 9.63 Å². The van der Waals surface area contributed by atoms with Gasteiger partial charge < -0.3 is 4.84 Å². The van der Waals surface area contributed by atoms with Gasteiger partial charge in [0.1, 0.15) is 5.71 Å². The van der Waals surface area contributed by atoms with Gasteiger partial charge in [-0.25, -0.2) is 4.79 Å². The summed E-state index contributed by atoms with van der Waals surface area (Å²) in [6.45, 7) is 0. The first-order valence-electron chi connectivity index (χ1n) is 4.52. The number of hydrogen-bond acceptors (Lipinski definition) is 3. The zero-order valence-electron chi connectivity index (χ0n) is 8.11. The summed E-state index contributed by atoms with van der Waals surface area (Å²) in [6, 6.07) is 7.55. The molecule has 0 fully saturated rings. The Hall–Kier alpha value is -1.13. The van der Waals surface area contributed by atoms with Crippen LogP contribution in [0.4, 0.5) is 0 Å². The van der Waals surface area contributed by atoms with Crippen molar-refractivity contribution in [3.8, 4) is 0 Å². The third kappa shape index (κ3) is 2.33. The normalized spacial score (nSPS) is 17.5. The molecule has 82 valence electrons. The van der Waals surface area contributed by atoms with Crippen molar-refractivity contribution in [2.75, 3.05) is 5.88 Å². The second kappa shape index (κ2) is 4.80. The van der Waals surface area contributed by atoms with Crippen molar-refractivity contribution in [1.82, 2.24) is 0 Å². The molecule has 1 heterocycles. The summed E-state index contributed by atoms with van der Waals surface area (Å²) in [7, 11) is 0. The Morgan fingerprint density at radius 1 is 1.38 bits per heavy atom. The molecule has 1 aromatic carbocycles. The molecule has 3 nitrogen and oxygen atoms in total. The number of carbonyl (C=O) groups excluding carboxylic acids is 1. The summed E-state index contributed by atoms with van der Waals surface area (Å²) in [6.07, 6.45) is 1.71. The van der Waals surface area contributed by atoms with Crippen LogP contribution in [0, 0.1) is 0 Å². The maximum Gasteiger partial charge on any atom is 0.367 e. The van der Waals surface area contributed by atoms with Crippen molar-refractivity contribution < 1.29 is 9.63 Å². The lowest BCUT2D eigenvalue weighted by molar-refractivity contribution is -0.136. The molecule has 5 heteroatoms. The maximum absolute atomic E-state index is 11.3. The molecule has 1 aliphatic heterocycles. The van der Waals surface area contributed by atoms with Gasteiger partial charge in [0.05, 0.1) is 11.5 Å². The highest BCUT2D eigenvalue weighted by Crippen LogP contribution is 2.18. The topological polar surface area (TPSA) is 38.7 Å². The van der Waals surface area contributed by atoms with Gasteiger partial charge in [0.2, 0.25) is 0 Å². The Morgan fingerprint density at radius 2 is 2.06 bits per heavy atom. The van der Waals surface area contributed by atoms with E-state index in [-0.39, 0.29) is 5.88 Å². The number of nitrogens with zero attached hydrogens (tertiary/aromatic N) is 1. The first-order chi connectivity index (χ1) is 7.70. The van der Waals surface area contributed by atoms with Crippen molar-refractivity contribution in [1.29, 1.82) is 0 Å². The van der Waals surface area contributed by atoms with Crippen LogP contribution in [0.2, 0.25) is 0 Å². The third-order valence-electron chi connectivity index (χ3n) is 2.08. The molecule has 0 radical (unpaired) electrons. The second-order valence-electron chi connectivity index (χ2n) is 3.16. The molecule has 0 saturated heterocycles. The molecule has 0 N–H and O–H groups in total. The van der Waals surface area contributed by atoms with Crippen LogP contribution in [0.5, 0.6) is 0 Å². The number of carbonyl (C=O) groups is 1. The Bertz CT molecular complexity index is 479. The molecular weight excluding hydrogens is 293 g/mol. The molecule has 16 heavy (non-hydrogen) atoms. The van der Waals surface area contributed by atoms with Crippen LogP contribution in [0.25, 0.3) is 6.08 Å². The highest BCUT2D eigenvalue weighted by Gasteiger charge is 2.24. The van der Waals surface area contributed by atoms with E-state index >= 15 is 0 Å². The average Bonchev–Trinajstić information content (AvgIpc) is 2.63. The fraction of sp³-hybridized carbons (Fsp3) is 0.0909. The van der Waals surface area contributed by atoms with E-state index in [9.17, 15) is 4.79 Å². The Balaban J connectivity index is 2.33. The number of hydrogen-bond donors (Lipinski definition) is 0. The second-order valence-corrected chi connectivity index (χ2v) is 4.34.